The molecule has 0 atom stereocenters. The molecular formula is C23H25ClN4O2. The number of methoxy groups -OCH3 is 1. The van der Waals surface area contributed by atoms with Crippen LogP contribution in [0.3, 0.4) is 0 Å². The highest BCUT2D eigenvalue weighted by Gasteiger charge is 2.11. The molecule has 0 spiro atoms. The van der Waals surface area contributed by atoms with Gasteiger partial charge in [0.15, 0.2) is 0 Å². The lowest BCUT2D eigenvalue weighted by Gasteiger charge is -2.12. The second-order valence-corrected chi connectivity index (χ2v) is 6.60. The van der Waals surface area contributed by atoms with E-state index in [9.17, 15) is 0 Å². The molecule has 0 radical (unpaired) electrons. The summed E-state index contributed by atoms with van der Waals surface area (Å²) in [6.45, 7) is 4.65. The molecule has 0 aliphatic carbocycles. The lowest BCUT2D eigenvalue weighted by Crippen LogP contribution is -1.95. The van der Waals surface area contributed by atoms with Crippen LogP contribution in [0.5, 0.6) is 5.75 Å². The number of hydrogen-bond acceptors (Lipinski definition) is 5. The van der Waals surface area contributed by atoms with Gasteiger partial charge in [0.25, 0.3) is 0 Å². The molecule has 0 aliphatic heterocycles. The Bertz CT molecular complexity index is 1110. The van der Waals surface area contributed by atoms with Gasteiger partial charge in [0.05, 0.1) is 18.1 Å². The number of ether oxygens (including phenoxy) is 1. The summed E-state index contributed by atoms with van der Waals surface area (Å²) in [5, 5.41) is 0.686. The molecule has 0 unspecified atom stereocenters. The summed E-state index contributed by atoms with van der Waals surface area (Å²) in [5.74, 6) is 0.787. The first-order valence-corrected chi connectivity index (χ1v) is 9.61. The van der Waals surface area contributed by atoms with Gasteiger partial charge in [0, 0.05) is 22.0 Å². The maximum absolute atomic E-state index is 8.00. The van der Waals surface area contributed by atoms with E-state index in [0.29, 0.717) is 10.7 Å². The number of benzene rings is 3. The lowest BCUT2D eigenvalue weighted by molar-refractivity contribution is -0.0979. The van der Waals surface area contributed by atoms with Gasteiger partial charge in [-0.25, -0.2) is 4.98 Å². The van der Waals surface area contributed by atoms with Crippen LogP contribution >= 0.6 is 11.6 Å². The predicted octanol–water partition coefficient (Wildman–Crippen LogP) is 4.72. The van der Waals surface area contributed by atoms with E-state index in [1.165, 1.54) is 0 Å². The monoisotopic (exact) mass is 424 g/mol. The molecule has 4 N–H and O–H groups in total. The van der Waals surface area contributed by atoms with Crippen molar-refractivity contribution in [3.63, 3.8) is 0 Å². The van der Waals surface area contributed by atoms with Gasteiger partial charge in [0.1, 0.15) is 18.9 Å². The normalized spacial score (nSPS) is 9.87. The van der Waals surface area contributed by atoms with E-state index in [0.717, 1.165) is 40.1 Å². The molecule has 0 fully saturated rings. The fourth-order valence-corrected chi connectivity index (χ4v) is 3.15. The summed E-state index contributed by atoms with van der Waals surface area (Å²) in [7, 11) is 1.66. The van der Waals surface area contributed by atoms with Crippen LogP contribution in [0.1, 0.15) is 6.92 Å². The molecular weight excluding hydrogens is 400 g/mol. The zero-order valence-electron chi connectivity index (χ0n) is 17.0. The molecule has 0 saturated carbocycles. The number of rotatable bonds is 3. The minimum atomic E-state index is 0.686. The van der Waals surface area contributed by atoms with Gasteiger partial charge in [-0.3, -0.25) is 4.57 Å². The quantitative estimate of drug-likeness (QED) is 0.464. The number of carbonyl (C=O) groups excluding carboxylic acids is 1. The van der Waals surface area contributed by atoms with Gasteiger partial charge in [-0.2, -0.15) is 0 Å². The third-order valence-corrected chi connectivity index (χ3v) is 4.40. The molecule has 1 aromatic heterocycles. The number of anilines is 1. The van der Waals surface area contributed by atoms with Crippen LogP contribution in [0.2, 0.25) is 5.02 Å². The van der Waals surface area contributed by atoms with Crippen molar-refractivity contribution in [1.82, 2.24) is 9.55 Å². The highest BCUT2D eigenvalue weighted by atomic mass is 35.5. The van der Waals surface area contributed by atoms with E-state index in [2.05, 4.69) is 11.1 Å². The SMILES string of the molecule is C=O.CCN.COc1ccc(-n2cnc3ccc(N)cc32)cc1-c1cccc(Cl)c1. The van der Waals surface area contributed by atoms with E-state index in [4.69, 9.17) is 32.6 Å². The molecule has 0 amide bonds. The molecule has 0 bridgehead atoms. The highest BCUT2D eigenvalue weighted by Crippen LogP contribution is 2.34. The van der Waals surface area contributed by atoms with Crippen LogP contribution in [-0.2, 0) is 4.79 Å². The Morgan fingerprint density at radius 1 is 1.10 bits per heavy atom. The molecule has 7 heteroatoms. The minimum absolute atomic E-state index is 0.686. The maximum atomic E-state index is 8.00. The second-order valence-electron chi connectivity index (χ2n) is 6.17. The van der Waals surface area contributed by atoms with Crippen molar-refractivity contribution in [2.45, 2.75) is 6.92 Å². The number of halogens is 1. The maximum Gasteiger partial charge on any atom is 0.126 e. The molecule has 6 nitrogen and oxygen atoms in total. The molecule has 0 aliphatic rings. The summed E-state index contributed by atoms with van der Waals surface area (Å²) in [6, 6.07) is 19.4. The number of nitrogens with two attached hydrogens (primary N) is 2. The Kier molecular flexibility index (Phi) is 8.41. The van der Waals surface area contributed by atoms with Crippen LogP contribution in [0.4, 0.5) is 5.69 Å². The van der Waals surface area contributed by atoms with Crippen LogP contribution in [0, 0.1) is 0 Å². The van der Waals surface area contributed by atoms with Crippen LogP contribution in [-0.4, -0.2) is 30.0 Å². The van der Waals surface area contributed by atoms with Crippen LogP contribution < -0.4 is 16.2 Å². The lowest BCUT2D eigenvalue weighted by atomic mass is 10.0. The molecule has 4 aromatic rings. The van der Waals surface area contributed by atoms with Crippen molar-refractivity contribution in [1.29, 1.82) is 0 Å². The highest BCUT2D eigenvalue weighted by molar-refractivity contribution is 6.30. The van der Waals surface area contributed by atoms with Crippen molar-refractivity contribution in [2.24, 2.45) is 5.73 Å². The first-order valence-electron chi connectivity index (χ1n) is 9.23. The van der Waals surface area contributed by atoms with Gasteiger partial charge in [-0.15, -0.1) is 0 Å². The summed E-state index contributed by atoms with van der Waals surface area (Å²) in [6.07, 6.45) is 1.80. The van der Waals surface area contributed by atoms with Gasteiger partial charge >= 0.3 is 0 Å². The Morgan fingerprint density at radius 3 is 2.50 bits per heavy atom. The number of carbonyl (C=O) groups is 1. The van der Waals surface area contributed by atoms with Gasteiger partial charge in [-0.1, -0.05) is 30.7 Å². The van der Waals surface area contributed by atoms with E-state index >= 15 is 0 Å². The molecule has 3 aromatic carbocycles. The Hall–Kier alpha value is -3.35. The van der Waals surface area contributed by atoms with Crippen molar-refractivity contribution in [3.05, 3.63) is 72.0 Å². The Morgan fingerprint density at radius 2 is 1.83 bits per heavy atom. The average Bonchev–Trinajstić information content (AvgIpc) is 3.18. The topological polar surface area (TPSA) is 96.2 Å². The van der Waals surface area contributed by atoms with Gasteiger partial charge < -0.3 is 21.0 Å². The number of imidazole rings is 1. The Labute approximate surface area is 181 Å². The van der Waals surface area contributed by atoms with Crippen LogP contribution in [0.25, 0.3) is 27.8 Å². The molecule has 0 saturated heterocycles. The van der Waals surface area contributed by atoms with Crippen molar-refractivity contribution in [2.75, 3.05) is 19.4 Å². The average molecular weight is 425 g/mol. The summed E-state index contributed by atoms with van der Waals surface area (Å²) >= 11 is 6.16. The number of nitrogen functional groups attached to an aromatic ring is 1. The van der Waals surface area contributed by atoms with Crippen molar-refractivity contribution < 1.29 is 9.53 Å². The standard InChI is InChI=1S/C20H16ClN3O.C2H7N.CH2O/c1-25-20-8-6-16(11-17(20)13-3-2-4-14(21)9-13)24-12-23-18-7-5-15(22)10-19(18)24;1-2-3;1-2/h2-12H,22H2,1H3;2-3H2,1H3;1H2. The molecule has 4 rings (SSSR count). The van der Waals surface area contributed by atoms with E-state index in [-0.39, 0.29) is 0 Å². The van der Waals surface area contributed by atoms with E-state index in [1.807, 2.05) is 72.9 Å². The van der Waals surface area contributed by atoms with Crippen molar-refractivity contribution in [3.8, 4) is 22.6 Å². The summed E-state index contributed by atoms with van der Waals surface area (Å²) < 4.78 is 7.54. The van der Waals surface area contributed by atoms with Gasteiger partial charge in [0.2, 0.25) is 0 Å². The van der Waals surface area contributed by atoms with Crippen LogP contribution in [0.15, 0.2) is 67.0 Å². The fraction of sp³-hybridized carbons (Fsp3) is 0.130. The first kappa shape index (κ1) is 22.9. The number of fused-ring (bicyclic) bond motifs is 1. The second kappa shape index (κ2) is 11.0. The Balaban J connectivity index is 0.000000590. The van der Waals surface area contributed by atoms with E-state index in [1.54, 1.807) is 13.4 Å². The number of nitrogens with zero attached hydrogens (tertiary/aromatic N) is 2. The third-order valence-electron chi connectivity index (χ3n) is 4.17. The zero-order valence-corrected chi connectivity index (χ0v) is 17.8. The predicted molar refractivity (Wildman–Crippen MR) is 124 cm³/mol. The molecule has 30 heavy (non-hydrogen) atoms. The summed E-state index contributed by atoms with van der Waals surface area (Å²) in [4.78, 5) is 12.5. The first-order chi connectivity index (χ1) is 14.6. The third kappa shape index (κ3) is 5.17. The van der Waals surface area contributed by atoms with E-state index < -0.39 is 0 Å². The largest absolute Gasteiger partial charge is 0.496 e. The number of aromatic nitrogens is 2. The van der Waals surface area contributed by atoms with Gasteiger partial charge in [-0.05, 0) is 60.6 Å². The fourth-order valence-electron chi connectivity index (χ4n) is 2.96. The zero-order chi connectivity index (χ0) is 22.1. The smallest absolute Gasteiger partial charge is 0.126 e. The van der Waals surface area contributed by atoms with Crippen molar-refractivity contribution >= 4 is 35.1 Å². The number of hydrogen-bond donors (Lipinski definition) is 2. The molecule has 1 heterocycles. The minimum Gasteiger partial charge on any atom is -0.496 e. The molecule has 156 valence electrons. The summed E-state index contributed by atoms with van der Waals surface area (Å²) in [5.41, 5.74) is 16.3.